The van der Waals surface area contributed by atoms with Crippen LogP contribution in [0.4, 0.5) is 0 Å². The summed E-state index contributed by atoms with van der Waals surface area (Å²) in [5, 5.41) is 9.74. The molecule has 0 fully saturated rings. The van der Waals surface area contributed by atoms with Crippen molar-refractivity contribution in [3.05, 3.63) is 108 Å². The monoisotopic (exact) mass is 680 g/mol. The number of hydrogen-bond donors (Lipinski definition) is 6. The number of rotatable bonds is 18. The van der Waals surface area contributed by atoms with Gasteiger partial charge in [-0.15, -0.1) is 23.4 Å². The molecule has 0 unspecified atom stereocenters. The van der Waals surface area contributed by atoms with Gasteiger partial charge < -0.3 is 27.4 Å². The highest BCUT2D eigenvalue weighted by Gasteiger charge is 2.39. The third-order valence-corrected chi connectivity index (χ3v) is 9.11. The molecule has 8 N–H and O–H groups in total. The largest absolute Gasteiger partial charge is 0.346 e. The molecule has 47 heavy (non-hydrogen) atoms. The Balaban J connectivity index is 1.90. The molecule has 0 saturated carbocycles. The van der Waals surface area contributed by atoms with E-state index in [1.165, 1.54) is 11.8 Å². The summed E-state index contributed by atoms with van der Waals surface area (Å²) in [6, 6.07) is 27.3. The first-order valence-electron chi connectivity index (χ1n) is 15.2. The molecule has 0 bridgehead atoms. The van der Waals surface area contributed by atoms with Crippen LogP contribution >= 0.6 is 23.4 Å². The number of carbonyl (C=O) groups excluding carboxylic acids is 5. The Bertz CT molecular complexity index is 1370. The number of thioether (sulfide) groups is 1. The molecule has 3 rings (SSSR count). The molecular formula is C34H41ClN6O5S. The summed E-state index contributed by atoms with van der Waals surface area (Å²) in [6.45, 7) is -0.388. The van der Waals surface area contributed by atoms with E-state index in [9.17, 15) is 24.0 Å². The van der Waals surface area contributed by atoms with Crippen molar-refractivity contribution in [1.29, 1.82) is 0 Å². The van der Waals surface area contributed by atoms with Crippen LogP contribution in [0.5, 0.6) is 0 Å². The van der Waals surface area contributed by atoms with Crippen LogP contribution in [0.3, 0.4) is 0 Å². The molecule has 0 heterocycles. The smallest absolute Gasteiger partial charge is 0.250 e. The Morgan fingerprint density at radius 2 is 1.19 bits per heavy atom. The maximum atomic E-state index is 13.6. The second kappa shape index (κ2) is 19.4. The summed E-state index contributed by atoms with van der Waals surface area (Å²) >= 11 is 6.85. The molecule has 0 saturated heterocycles. The van der Waals surface area contributed by atoms with Crippen molar-refractivity contribution >= 4 is 52.9 Å². The molecule has 5 amide bonds. The van der Waals surface area contributed by atoms with Crippen molar-refractivity contribution in [1.82, 2.24) is 21.3 Å². The molecule has 250 valence electrons. The van der Waals surface area contributed by atoms with Gasteiger partial charge in [0.25, 0.3) is 0 Å². The molecule has 3 aromatic carbocycles. The fourth-order valence-corrected chi connectivity index (χ4v) is 6.47. The lowest BCUT2D eigenvalue weighted by Crippen LogP contribution is -2.55. The van der Waals surface area contributed by atoms with E-state index in [0.29, 0.717) is 25.8 Å². The van der Waals surface area contributed by atoms with Gasteiger partial charge in [-0.3, -0.25) is 29.3 Å². The highest BCUT2D eigenvalue weighted by Crippen LogP contribution is 2.48. The fraction of sp³-hybridized carbons (Fsp3) is 0.324. The number of halogens is 1. The summed E-state index contributed by atoms with van der Waals surface area (Å²) < 4.78 is -0.815. The molecule has 11 nitrogen and oxygen atoms in total. The topological polar surface area (TPSA) is 186 Å². The van der Waals surface area contributed by atoms with Crippen LogP contribution in [-0.4, -0.2) is 72.9 Å². The summed E-state index contributed by atoms with van der Waals surface area (Å²) in [6.07, 6.45) is 1.65. The average molecular weight is 681 g/mol. The van der Waals surface area contributed by atoms with Crippen molar-refractivity contribution in [2.75, 3.05) is 31.3 Å². The van der Waals surface area contributed by atoms with E-state index >= 15 is 0 Å². The summed E-state index contributed by atoms with van der Waals surface area (Å²) in [4.78, 5) is 63.0. The van der Waals surface area contributed by atoms with Gasteiger partial charge in [-0.05, 0) is 36.1 Å². The van der Waals surface area contributed by atoms with Gasteiger partial charge in [-0.2, -0.15) is 0 Å². The Labute approximate surface area is 283 Å². The molecule has 0 aromatic heterocycles. The summed E-state index contributed by atoms with van der Waals surface area (Å²) in [5.41, 5.74) is 14.4. The summed E-state index contributed by atoms with van der Waals surface area (Å²) in [5.74, 6) is -3.52. The number of alkyl halides is 1. The Hall–Kier alpha value is -4.23. The van der Waals surface area contributed by atoms with Crippen molar-refractivity contribution < 1.29 is 24.0 Å². The molecule has 0 radical (unpaired) electrons. The molecule has 0 aliphatic heterocycles. The van der Waals surface area contributed by atoms with Crippen LogP contribution in [0.25, 0.3) is 0 Å². The molecule has 13 heteroatoms. The van der Waals surface area contributed by atoms with Gasteiger partial charge in [0, 0.05) is 5.75 Å². The standard InChI is InChI=1S/C34H41ClN6O5S/c35-20-29(42)38-21-30(43)39-22-31(44)40-28(33(46)41-32(45)27(37)18-10-11-19-36)23-47-34(24-12-4-1-5-13-24,25-14-6-2-7-15-25)26-16-8-3-9-17-26/h1-9,12-17,27-28H,10-11,18-23,36-37H2,(H,38,42)(H,39,43)(H,40,44)(H,41,45,46)/t27-,28-/m0/s1. The van der Waals surface area contributed by atoms with Crippen LogP contribution in [0.2, 0.25) is 0 Å². The molecule has 0 spiro atoms. The minimum atomic E-state index is -1.20. The fourth-order valence-electron chi connectivity index (χ4n) is 4.81. The number of nitrogens with two attached hydrogens (primary N) is 2. The third-order valence-electron chi connectivity index (χ3n) is 7.23. The molecule has 0 aliphatic rings. The number of amides is 5. The van der Waals surface area contributed by atoms with E-state index in [2.05, 4.69) is 21.3 Å². The second-order valence-electron chi connectivity index (χ2n) is 10.6. The SMILES string of the molecule is NCCCC[C@H](N)C(=O)NC(=O)[C@H](CSC(c1ccccc1)(c1ccccc1)c1ccccc1)NC(=O)CNC(=O)CNC(=O)CCl. The van der Waals surface area contributed by atoms with E-state index in [1.807, 2.05) is 91.0 Å². The Kier molecular flexibility index (Phi) is 15.4. The molecular weight excluding hydrogens is 640 g/mol. The maximum Gasteiger partial charge on any atom is 0.250 e. The first-order chi connectivity index (χ1) is 22.7. The van der Waals surface area contributed by atoms with Gasteiger partial charge in [-0.25, -0.2) is 0 Å². The lowest BCUT2D eigenvalue weighted by atomic mass is 9.84. The highest BCUT2D eigenvalue weighted by molar-refractivity contribution is 8.00. The first kappa shape index (κ1) is 37.2. The second-order valence-corrected chi connectivity index (χ2v) is 12.1. The zero-order valence-corrected chi connectivity index (χ0v) is 27.5. The van der Waals surface area contributed by atoms with Gasteiger partial charge in [0.2, 0.25) is 29.5 Å². The van der Waals surface area contributed by atoms with Gasteiger partial charge in [0.1, 0.15) is 11.9 Å². The quantitative estimate of drug-likeness (QED) is 0.0667. The zero-order valence-electron chi connectivity index (χ0n) is 26.0. The van der Waals surface area contributed by atoms with Crippen LogP contribution in [0.15, 0.2) is 91.0 Å². The van der Waals surface area contributed by atoms with Gasteiger partial charge in [-0.1, -0.05) is 97.4 Å². The van der Waals surface area contributed by atoms with E-state index in [-0.39, 0.29) is 18.2 Å². The number of hydrogen-bond acceptors (Lipinski definition) is 8. The molecule has 3 aromatic rings. The highest BCUT2D eigenvalue weighted by atomic mass is 35.5. The van der Waals surface area contributed by atoms with Crippen LogP contribution < -0.4 is 32.7 Å². The first-order valence-corrected chi connectivity index (χ1v) is 16.7. The zero-order chi connectivity index (χ0) is 34.1. The normalized spacial score (nSPS) is 12.3. The van der Waals surface area contributed by atoms with Crippen molar-refractivity contribution in [3.63, 3.8) is 0 Å². The van der Waals surface area contributed by atoms with E-state index in [0.717, 1.165) is 16.7 Å². The number of imide groups is 1. The Morgan fingerprint density at radius 3 is 1.68 bits per heavy atom. The molecule has 0 aliphatic carbocycles. The van der Waals surface area contributed by atoms with Gasteiger partial charge in [0.15, 0.2) is 0 Å². The predicted molar refractivity (Wildman–Crippen MR) is 184 cm³/mol. The van der Waals surface area contributed by atoms with Gasteiger partial charge >= 0.3 is 0 Å². The Morgan fingerprint density at radius 1 is 0.702 bits per heavy atom. The number of benzene rings is 3. The van der Waals surface area contributed by atoms with Crippen molar-refractivity contribution in [2.45, 2.75) is 36.1 Å². The van der Waals surface area contributed by atoms with Crippen LogP contribution in [0, 0.1) is 0 Å². The van der Waals surface area contributed by atoms with Crippen molar-refractivity contribution in [2.24, 2.45) is 11.5 Å². The van der Waals surface area contributed by atoms with Crippen molar-refractivity contribution in [3.8, 4) is 0 Å². The maximum absolute atomic E-state index is 13.6. The minimum Gasteiger partial charge on any atom is -0.346 e. The van der Waals surface area contributed by atoms with E-state index < -0.39 is 52.9 Å². The number of nitrogens with one attached hydrogen (secondary N) is 4. The number of carbonyl (C=O) groups is 5. The van der Waals surface area contributed by atoms with E-state index in [4.69, 9.17) is 23.1 Å². The lowest BCUT2D eigenvalue weighted by Gasteiger charge is -2.36. The van der Waals surface area contributed by atoms with Crippen LogP contribution in [0.1, 0.15) is 36.0 Å². The average Bonchev–Trinajstić information content (AvgIpc) is 3.10. The number of unbranched alkanes of at least 4 members (excludes halogenated alkanes) is 1. The summed E-state index contributed by atoms with van der Waals surface area (Å²) in [7, 11) is 0. The van der Waals surface area contributed by atoms with Crippen LogP contribution in [-0.2, 0) is 28.7 Å². The third kappa shape index (κ3) is 11.2. The predicted octanol–water partition coefficient (Wildman–Crippen LogP) is 1.77. The van der Waals surface area contributed by atoms with E-state index in [1.54, 1.807) is 0 Å². The molecule has 2 atom stereocenters. The minimum absolute atomic E-state index is 0.0334. The van der Waals surface area contributed by atoms with Gasteiger partial charge in [0.05, 0.1) is 23.9 Å². The lowest BCUT2D eigenvalue weighted by molar-refractivity contribution is -0.134.